The van der Waals surface area contributed by atoms with E-state index < -0.39 is 0 Å². The van der Waals surface area contributed by atoms with Crippen LogP contribution in [0.15, 0.2) is 247 Å². The average Bonchev–Trinajstić information content (AvgIpc) is 4.00. The first-order chi connectivity index (χ1) is 31.2. The van der Waals surface area contributed by atoms with E-state index >= 15 is 0 Å². The van der Waals surface area contributed by atoms with Crippen LogP contribution in [0.2, 0.25) is 0 Å². The molecular formula is C61H41NO. The Morgan fingerprint density at radius 2 is 0.921 bits per heavy atom. The third-order valence-electron chi connectivity index (χ3n) is 12.7. The molecule has 0 aliphatic heterocycles. The molecule has 0 amide bonds. The van der Waals surface area contributed by atoms with Crippen molar-refractivity contribution < 1.29 is 4.42 Å². The number of allylic oxidation sites excluding steroid dienone is 3. The molecular weight excluding hydrogens is 763 g/mol. The molecule has 0 N–H and O–H groups in total. The summed E-state index contributed by atoms with van der Waals surface area (Å²) in [5.41, 5.74) is 17.3. The zero-order valence-corrected chi connectivity index (χ0v) is 34.6. The Kier molecular flexibility index (Phi) is 8.93. The summed E-state index contributed by atoms with van der Waals surface area (Å²) in [5.74, 6) is 0. The molecule has 2 heteroatoms. The Morgan fingerprint density at radius 1 is 0.333 bits per heavy atom. The van der Waals surface area contributed by atoms with Crippen LogP contribution < -0.4 is 4.90 Å². The molecule has 10 aromatic carbocycles. The van der Waals surface area contributed by atoms with Crippen molar-refractivity contribution in [2.24, 2.45) is 0 Å². The highest BCUT2D eigenvalue weighted by Crippen LogP contribution is 2.43. The molecule has 1 heterocycles. The lowest BCUT2D eigenvalue weighted by molar-refractivity contribution is 0.667. The van der Waals surface area contributed by atoms with Crippen molar-refractivity contribution in [2.45, 2.75) is 6.42 Å². The van der Waals surface area contributed by atoms with E-state index in [1.165, 1.54) is 71.8 Å². The molecule has 1 aliphatic rings. The largest absolute Gasteiger partial charge is 0.455 e. The summed E-state index contributed by atoms with van der Waals surface area (Å²) in [4.78, 5) is 2.42. The van der Waals surface area contributed by atoms with Crippen molar-refractivity contribution in [3.63, 3.8) is 0 Å². The molecule has 11 aromatic rings. The van der Waals surface area contributed by atoms with Gasteiger partial charge in [-0.05, 0) is 114 Å². The number of benzene rings is 10. The van der Waals surface area contributed by atoms with Gasteiger partial charge >= 0.3 is 0 Å². The maximum Gasteiger partial charge on any atom is 0.142 e. The van der Waals surface area contributed by atoms with Crippen LogP contribution >= 0.6 is 0 Å². The van der Waals surface area contributed by atoms with Crippen LogP contribution in [0.5, 0.6) is 0 Å². The number of hydrogen-bond acceptors (Lipinski definition) is 2. The van der Waals surface area contributed by atoms with E-state index in [0.29, 0.717) is 0 Å². The number of para-hydroxylation sites is 2. The van der Waals surface area contributed by atoms with Gasteiger partial charge in [-0.1, -0.05) is 194 Å². The molecule has 0 atom stereocenters. The van der Waals surface area contributed by atoms with E-state index in [2.05, 4.69) is 235 Å². The summed E-state index contributed by atoms with van der Waals surface area (Å²) in [6.45, 7) is 0. The number of anilines is 2. The lowest BCUT2D eigenvalue weighted by atomic mass is 9.92. The van der Waals surface area contributed by atoms with Crippen molar-refractivity contribution in [3.8, 4) is 44.5 Å². The number of fused-ring (bicyclic) bond motifs is 5. The van der Waals surface area contributed by atoms with E-state index in [-0.39, 0.29) is 0 Å². The van der Waals surface area contributed by atoms with Gasteiger partial charge in [0, 0.05) is 39.8 Å². The van der Waals surface area contributed by atoms with Crippen molar-refractivity contribution in [3.05, 3.63) is 248 Å². The average molecular weight is 804 g/mol. The van der Waals surface area contributed by atoms with Crippen LogP contribution in [0, 0.1) is 0 Å². The van der Waals surface area contributed by atoms with Gasteiger partial charge in [-0.2, -0.15) is 0 Å². The molecule has 1 aliphatic carbocycles. The van der Waals surface area contributed by atoms with Gasteiger partial charge in [0.15, 0.2) is 0 Å². The molecule has 0 saturated carbocycles. The molecule has 296 valence electrons. The summed E-state index contributed by atoms with van der Waals surface area (Å²) in [5, 5.41) is 7.30. The predicted molar refractivity (Wildman–Crippen MR) is 266 cm³/mol. The standard InChI is InChI=1S/C61H41NO/c1-2-14-46-38-48(31-28-41(46)12-1)56-20-6-5-19-54(56)44-29-26-42(27-30-44)47-16-9-17-51(39-47)62(50-35-32-45(33-36-50)55-22-10-15-43-13-3-4-18-53(43)55)52-37-34-49(40-52)57-23-11-24-59-58-21-7-8-25-60(58)63-61(57)59/h1-39H,40H2. The second-order valence-electron chi connectivity index (χ2n) is 16.5. The maximum atomic E-state index is 6.51. The van der Waals surface area contributed by atoms with Crippen LogP contribution in [0.25, 0.3) is 93.6 Å². The maximum absolute atomic E-state index is 6.51. The van der Waals surface area contributed by atoms with Crippen LogP contribution in [0.3, 0.4) is 0 Å². The summed E-state index contributed by atoms with van der Waals surface area (Å²) >= 11 is 0. The first-order valence-corrected chi connectivity index (χ1v) is 21.7. The van der Waals surface area contributed by atoms with E-state index in [9.17, 15) is 0 Å². The second-order valence-corrected chi connectivity index (χ2v) is 16.5. The third kappa shape index (κ3) is 6.61. The van der Waals surface area contributed by atoms with Gasteiger partial charge in [0.25, 0.3) is 0 Å². The van der Waals surface area contributed by atoms with E-state index in [1.807, 2.05) is 6.07 Å². The molecule has 1 aromatic heterocycles. The second kappa shape index (κ2) is 15.4. The number of hydrogen-bond donors (Lipinski definition) is 0. The minimum Gasteiger partial charge on any atom is -0.455 e. The number of furan rings is 1. The van der Waals surface area contributed by atoms with Gasteiger partial charge in [-0.15, -0.1) is 0 Å². The summed E-state index contributed by atoms with van der Waals surface area (Å²) in [6.07, 6.45) is 5.31. The van der Waals surface area contributed by atoms with Crippen molar-refractivity contribution in [1.29, 1.82) is 0 Å². The van der Waals surface area contributed by atoms with Gasteiger partial charge in [-0.25, -0.2) is 0 Å². The number of nitrogens with zero attached hydrogens (tertiary/aromatic N) is 1. The predicted octanol–water partition coefficient (Wildman–Crippen LogP) is 17.1. The zero-order valence-electron chi connectivity index (χ0n) is 34.6. The number of rotatable bonds is 8. The lowest BCUT2D eigenvalue weighted by Crippen LogP contribution is -2.15. The lowest BCUT2D eigenvalue weighted by Gasteiger charge is -2.28. The molecule has 0 saturated heterocycles. The van der Waals surface area contributed by atoms with Gasteiger partial charge < -0.3 is 9.32 Å². The van der Waals surface area contributed by atoms with Gasteiger partial charge in [-0.3, -0.25) is 0 Å². The monoisotopic (exact) mass is 803 g/mol. The SMILES string of the molecule is C1=C(c2cccc3c2oc2ccccc23)CC(N(c2ccc(-c3cccc4ccccc34)cc2)c2cccc(-c3ccc(-c4ccccc4-c4ccc5ccccc5c4)cc3)c2)=C1. The molecule has 63 heavy (non-hydrogen) atoms. The first-order valence-electron chi connectivity index (χ1n) is 21.7. The molecule has 2 nitrogen and oxygen atoms in total. The Hall–Kier alpha value is -8.20. The zero-order chi connectivity index (χ0) is 41.7. The molecule has 12 rings (SSSR count). The van der Waals surface area contributed by atoms with Crippen LogP contribution in [-0.2, 0) is 0 Å². The van der Waals surface area contributed by atoms with Crippen LogP contribution in [-0.4, -0.2) is 0 Å². The molecule has 0 bridgehead atoms. The van der Waals surface area contributed by atoms with E-state index in [4.69, 9.17) is 4.42 Å². The Labute approximate surface area is 366 Å². The minimum atomic E-state index is 0.761. The van der Waals surface area contributed by atoms with Gasteiger partial charge in [0.1, 0.15) is 11.2 Å². The van der Waals surface area contributed by atoms with Gasteiger partial charge in [0.05, 0.1) is 0 Å². The van der Waals surface area contributed by atoms with Crippen LogP contribution in [0.4, 0.5) is 11.4 Å². The Morgan fingerprint density at radius 3 is 1.78 bits per heavy atom. The minimum absolute atomic E-state index is 0.761. The first kappa shape index (κ1) is 36.6. The fraction of sp³-hybridized carbons (Fsp3) is 0.0164. The summed E-state index contributed by atoms with van der Waals surface area (Å²) in [6, 6.07) is 81.2. The van der Waals surface area contributed by atoms with Crippen molar-refractivity contribution in [2.75, 3.05) is 4.90 Å². The molecule has 0 spiro atoms. The molecule has 0 fully saturated rings. The molecule has 0 radical (unpaired) electrons. The summed E-state index contributed by atoms with van der Waals surface area (Å²) < 4.78 is 6.51. The fourth-order valence-corrected chi connectivity index (χ4v) is 9.61. The smallest absolute Gasteiger partial charge is 0.142 e. The highest BCUT2D eigenvalue weighted by Gasteiger charge is 2.23. The fourth-order valence-electron chi connectivity index (χ4n) is 9.61. The summed E-state index contributed by atoms with van der Waals surface area (Å²) in [7, 11) is 0. The third-order valence-corrected chi connectivity index (χ3v) is 12.7. The topological polar surface area (TPSA) is 16.4 Å². The Balaban J connectivity index is 0.899. The van der Waals surface area contributed by atoms with Gasteiger partial charge in [0.2, 0.25) is 0 Å². The quantitative estimate of drug-likeness (QED) is 0.152. The van der Waals surface area contributed by atoms with E-state index in [1.54, 1.807) is 0 Å². The molecule has 0 unspecified atom stereocenters. The van der Waals surface area contributed by atoms with Crippen molar-refractivity contribution >= 4 is 60.4 Å². The highest BCUT2D eigenvalue weighted by atomic mass is 16.3. The van der Waals surface area contributed by atoms with E-state index in [0.717, 1.165) is 50.9 Å². The highest BCUT2D eigenvalue weighted by molar-refractivity contribution is 6.08. The normalized spacial score (nSPS) is 12.6. The van der Waals surface area contributed by atoms with Crippen molar-refractivity contribution in [1.82, 2.24) is 0 Å². The Bertz CT molecular complexity index is 3580. The van der Waals surface area contributed by atoms with Crippen LogP contribution in [0.1, 0.15) is 12.0 Å².